The fourth-order valence-electron chi connectivity index (χ4n) is 2.50. The highest BCUT2D eigenvalue weighted by atomic mass is 16.5. The van der Waals surface area contributed by atoms with E-state index >= 15 is 0 Å². The van der Waals surface area contributed by atoms with Crippen molar-refractivity contribution in [1.82, 2.24) is 10.2 Å². The molecule has 0 aromatic rings. The number of carbonyl (C=O) groups excluding carboxylic acids is 1. The van der Waals surface area contributed by atoms with E-state index in [4.69, 9.17) is 4.74 Å². The number of nitrogens with one attached hydrogen (secondary N) is 1. The van der Waals surface area contributed by atoms with Crippen molar-refractivity contribution in [2.24, 2.45) is 0 Å². The molecule has 1 fully saturated rings. The maximum Gasteiger partial charge on any atom is 0.248 e. The van der Waals surface area contributed by atoms with Gasteiger partial charge < -0.3 is 15.0 Å². The Hall–Kier alpha value is -0.610. The molecule has 0 aliphatic heterocycles. The number of rotatable bonds is 7. The van der Waals surface area contributed by atoms with Crippen molar-refractivity contribution in [2.45, 2.75) is 57.6 Å². The molecule has 18 heavy (non-hydrogen) atoms. The molecule has 1 saturated carbocycles. The molecule has 1 amide bonds. The van der Waals surface area contributed by atoms with Crippen LogP contribution in [-0.4, -0.2) is 50.2 Å². The van der Waals surface area contributed by atoms with Crippen molar-refractivity contribution in [3.8, 4) is 0 Å². The van der Waals surface area contributed by atoms with E-state index in [2.05, 4.69) is 17.3 Å². The molecular weight excluding hydrogens is 228 g/mol. The number of methoxy groups -OCH3 is 1. The standard InChI is InChI=1S/C14H28N2O2/c1-12(18-3)14(17)15-10-7-11-16(2)13-8-5-4-6-9-13/h12-13H,4-11H2,1-3H3,(H,15,17). The lowest BCUT2D eigenvalue weighted by molar-refractivity contribution is -0.130. The summed E-state index contributed by atoms with van der Waals surface area (Å²) in [5, 5.41) is 2.90. The van der Waals surface area contributed by atoms with Gasteiger partial charge in [-0.25, -0.2) is 0 Å². The van der Waals surface area contributed by atoms with E-state index in [1.807, 2.05) is 0 Å². The molecule has 0 radical (unpaired) electrons. The van der Waals surface area contributed by atoms with Gasteiger partial charge in [0, 0.05) is 19.7 Å². The zero-order valence-corrected chi connectivity index (χ0v) is 12.1. The first-order valence-electron chi connectivity index (χ1n) is 7.16. The molecule has 0 spiro atoms. The van der Waals surface area contributed by atoms with Crippen molar-refractivity contribution >= 4 is 5.91 Å². The van der Waals surface area contributed by atoms with Crippen LogP contribution < -0.4 is 5.32 Å². The van der Waals surface area contributed by atoms with Crippen LogP contribution in [0, 0.1) is 0 Å². The number of hydrogen-bond donors (Lipinski definition) is 1. The SMILES string of the molecule is COC(C)C(=O)NCCCN(C)C1CCCCC1. The van der Waals surface area contributed by atoms with Crippen LogP contribution in [0.4, 0.5) is 0 Å². The molecule has 4 heteroatoms. The second kappa shape index (κ2) is 8.48. The molecule has 1 aliphatic rings. The third-order valence-electron chi connectivity index (χ3n) is 3.91. The summed E-state index contributed by atoms with van der Waals surface area (Å²) < 4.78 is 4.96. The van der Waals surface area contributed by atoms with Gasteiger partial charge in [-0.2, -0.15) is 0 Å². The normalized spacial score (nSPS) is 18.9. The van der Waals surface area contributed by atoms with Crippen molar-refractivity contribution in [3.63, 3.8) is 0 Å². The Morgan fingerprint density at radius 3 is 2.67 bits per heavy atom. The van der Waals surface area contributed by atoms with Crippen molar-refractivity contribution in [2.75, 3.05) is 27.2 Å². The summed E-state index contributed by atoms with van der Waals surface area (Å²) in [6.07, 6.45) is 7.48. The lowest BCUT2D eigenvalue weighted by Crippen LogP contribution is -2.38. The van der Waals surface area contributed by atoms with Crippen LogP contribution >= 0.6 is 0 Å². The molecule has 0 aromatic carbocycles. The highest BCUT2D eigenvalue weighted by Gasteiger charge is 2.17. The first-order valence-corrected chi connectivity index (χ1v) is 7.16. The van der Waals surface area contributed by atoms with Gasteiger partial charge in [0.05, 0.1) is 0 Å². The molecule has 106 valence electrons. The number of ether oxygens (including phenoxy) is 1. The highest BCUT2D eigenvalue weighted by Crippen LogP contribution is 2.21. The van der Waals surface area contributed by atoms with E-state index in [-0.39, 0.29) is 12.0 Å². The smallest absolute Gasteiger partial charge is 0.248 e. The van der Waals surface area contributed by atoms with Crippen molar-refractivity contribution < 1.29 is 9.53 Å². The van der Waals surface area contributed by atoms with Gasteiger partial charge in [0.1, 0.15) is 6.10 Å². The first kappa shape index (κ1) is 15.4. The van der Waals surface area contributed by atoms with Crippen LogP contribution in [0.1, 0.15) is 45.4 Å². The molecule has 4 nitrogen and oxygen atoms in total. The molecule has 0 saturated heterocycles. The molecule has 1 aliphatic carbocycles. The van der Waals surface area contributed by atoms with Crippen LogP contribution in [0.3, 0.4) is 0 Å². The number of carbonyl (C=O) groups is 1. The lowest BCUT2D eigenvalue weighted by Gasteiger charge is -2.31. The second-order valence-corrected chi connectivity index (χ2v) is 5.29. The summed E-state index contributed by atoms with van der Waals surface area (Å²) in [5.41, 5.74) is 0. The predicted octanol–water partition coefficient (Wildman–Crippen LogP) is 1.79. The van der Waals surface area contributed by atoms with Crippen molar-refractivity contribution in [3.05, 3.63) is 0 Å². The molecule has 0 aromatic heterocycles. The Balaban J connectivity index is 2.08. The molecule has 1 N–H and O–H groups in total. The monoisotopic (exact) mass is 256 g/mol. The Kier molecular flexibility index (Phi) is 7.28. The summed E-state index contributed by atoms with van der Waals surface area (Å²) in [7, 11) is 3.76. The first-order chi connectivity index (χ1) is 8.65. The minimum Gasteiger partial charge on any atom is -0.372 e. The Morgan fingerprint density at radius 1 is 1.39 bits per heavy atom. The van der Waals surface area contributed by atoms with E-state index in [0.29, 0.717) is 0 Å². The number of amides is 1. The third-order valence-corrected chi connectivity index (χ3v) is 3.91. The van der Waals surface area contributed by atoms with Crippen LogP contribution in [-0.2, 0) is 9.53 Å². The average molecular weight is 256 g/mol. The van der Waals surface area contributed by atoms with Crippen LogP contribution in [0.15, 0.2) is 0 Å². The number of nitrogens with zero attached hydrogens (tertiary/aromatic N) is 1. The van der Waals surface area contributed by atoms with Crippen LogP contribution in [0.25, 0.3) is 0 Å². The van der Waals surface area contributed by atoms with Gasteiger partial charge in [0.25, 0.3) is 0 Å². The summed E-state index contributed by atoms with van der Waals surface area (Å²) in [4.78, 5) is 13.9. The second-order valence-electron chi connectivity index (χ2n) is 5.29. The Morgan fingerprint density at radius 2 is 2.06 bits per heavy atom. The van der Waals surface area contributed by atoms with Gasteiger partial charge in [-0.05, 0) is 39.8 Å². The van der Waals surface area contributed by atoms with Gasteiger partial charge >= 0.3 is 0 Å². The average Bonchev–Trinajstić information content (AvgIpc) is 2.43. The quantitative estimate of drug-likeness (QED) is 0.706. The maximum atomic E-state index is 11.5. The fraction of sp³-hybridized carbons (Fsp3) is 0.929. The molecule has 0 bridgehead atoms. The Bertz CT molecular complexity index is 240. The van der Waals surface area contributed by atoms with E-state index in [0.717, 1.165) is 25.6 Å². The van der Waals surface area contributed by atoms with Gasteiger partial charge in [0.2, 0.25) is 5.91 Å². The van der Waals surface area contributed by atoms with Crippen LogP contribution in [0.5, 0.6) is 0 Å². The predicted molar refractivity (Wildman–Crippen MR) is 73.6 cm³/mol. The third kappa shape index (κ3) is 5.36. The molecule has 0 heterocycles. The van der Waals surface area contributed by atoms with Crippen molar-refractivity contribution in [1.29, 1.82) is 0 Å². The fourth-order valence-corrected chi connectivity index (χ4v) is 2.50. The summed E-state index contributed by atoms with van der Waals surface area (Å²) in [5.74, 6) is -0.0159. The molecule has 1 rings (SSSR count). The number of hydrogen-bond acceptors (Lipinski definition) is 3. The molecule has 1 atom stereocenters. The molecular formula is C14H28N2O2. The maximum absolute atomic E-state index is 11.5. The van der Waals surface area contributed by atoms with Gasteiger partial charge in [-0.3, -0.25) is 4.79 Å². The van der Waals surface area contributed by atoms with E-state index in [1.54, 1.807) is 14.0 Å². The van der Waals surface area contributed by atoms with Gasteiger partial charge in [-0.15, -0.1) is 0 Å². The van der Waals surface area contributed by atoms with E-state index in [1.165, 1.54) is 32.1 Å². The van der Waals surface area contributed by atoms with Gasteiger partial charge in [0.15, 0.2) is 0 Å². The minimum atomic E-state index is -0.346. The Labute approximate surface area is 111 Å². The largest absolute Gasteiger partial charge is 0.372 e. The lowest BCUT2D eigenvalue weighted by atomic mass is 9.94. The topological polar surface area (TPSA) is 41.6 Å². The highest BCUT2D eigenvalue weighted by molar-refractivity contribution is 5.80. The summed E-state index contributed by atoms with van der Waals surface area (Å²) in [6.45, 7) is 3.57. The van der Waals surface area contributed by atoms with Gasteiger partial charge in [-0.1, -0.05) is 19.3 Å². The zero-order valence-electron chi connectivity index (χ0n) is 12.1. The van der Waals surface area contributed by atoms with Crippen LogP contribution in [0.2, 0.25) is 0 Å². The van der Waals surface area contributed by atoms with E-state index in [9.17, 15) is 4.79 Å². The summed E-state index contributed by atoms with van der Waals surface area (Å²) >= 11 is 0. The minimum absolute atomic E-state index is 0.0159. The van der Waals surface area contributed by atoms with E-state index < -0.39 is 0 Å². The zero-order chi connectivity index (χ0) is 13.4. The molecule has 1 unspecified atom stereocenters. The summed E-state index contributed by atoms with van der Waals surface area (Å²) in [6, 6.07) is 0.757.